The number of aromatic nitrogens is 4. The lowest BCUT2D eigenvalue weighted by Crippen LogP contribution is -2.60. The van der Waals surface area contributed by atoms with Gasteiger partial charge in [0.05, 0.1) is 19.1 Å². The highest BCUT2D eigenvalue weighted by Gasteiger charge is 2.43. The molecule has 3 rings (SSSR count). The van der Waals surface area contributed by atoms with Crippen LogP contribution in [-0.4, -0.2) is 104 Å². The fourth-order valence-electron chi connectivity index (χ4n) is 4.95. The molecule has 260 valence electrons. The number of benzene rings is 1. The van der Waals surface area contributed by atoms with Crippen molar-refractivity contribution in [2.24, 2.45) is 5.41 Å². The van der Waals surface area contributed by atoms with Crippen LogP contribution in [0.1, 0.15) is 58.3 Å². The highest BCUT2D eigenvalue weighted by molar-refractivity contribution is 5.95. The van der Waals surface area contributed by atoms with Gasteiger partial charge in [-0.25, -0.2) is 9.59 Å². The Bertz CT molecular complexity index is 1440. The van der Waals surface area contributed by atoms with Gasteiger partial charge in [-0.15, -0.1) is 10.2 Å². The summed E-state index contributed by atoms with van der Waals surface area (Å²) in [6.07, 6.45) is 1.75. The predicted octanol–water partition coefficient (Wildman–Crippen LogP) is 0.638. The number of carboxylic acids is 1. The second-order valence-corrected chi connectivity index (χ2v) is 12.1. The minimum atomic E-state index is -1.56. The number of carbonyl (C=O) groups excluding carboxylic acids is 5. The number of aliphatic carboxylic acids is 1. The van der Waals surface area contributed by atoms with Gasteiger partial charge < -0.3 is 35.4 Å². The Kier molecular flexibility index (Phi) is 13.6. The largest absolute Gasteiger partial charge is 0.481 e. The molecule has 0 aliphatic carbocycles. The van der Waals surface area contributed by atoms with Crippen molar-refractivity contribution in [1.82, 2.24) is 41.5 Å². The lowest BCUT2D eigenvalue weighted by atomic mass is 9.85. The van der Waals surface area contributed by atoms with E-state index in [0.29, 0.717) is 18.4 Å². The summed E-state index contributed by atoms with van der Waals surface area (Å²) in [5.74, 6) is -3.67. The first kappa shape index (κ1) is 37.1. The number of H-pyrrole nitrogens is 1. The van der Waals surface area contributed by atoms with Gasteiger partial charge in [0.15, 0.2) is 5.82 Å². The quantitative estimate of drug-likeness (QED) is 0.130. The monoisotopic (exact) mass is 670 g/mol. The number of amides is 4. The number of hydrogen-bond donors (Lipinski definition) is 5. The topological polar surface area (TPSA) is 235 Å². The molecule has 17 nitrogen and oxygen atoms in total. The number of nitrogens with zero attached hydrogens (tertiary/aromatic N) is 4. The Labute approximate surface area is 277 Å². The van der Waals surface area contributed by atoms with Crippen molar-refractivity contribution in [3.05, 3.63) is 53.9 Å². The summed E-state index contributed by atoms with van der Waals surface area (Å²) in [4.78, 5) is 78.3. The zero-order chi connectivity index (χ0) is 35.3. The van der Waals surface area contributed by atoms with E-state index in [0.717, 1.165) is 0 Å². The van der Waals surface area contributed by atoms with Crippen molar-refractivity contribution < 1.29 is 43.3 Å². The molecule has 4 amide bonds. The van der Waals surface area contributed by atoms with E-state index >= 15 is 0 Å². The molecule has 1 aliphatic heterocycles. The minimum Gasteiger partial charge on any atom is -0.481 e. The molecule has 48 heavy (non-hydrogen) atoms. The smallest absolute Gasteiger partial charge is 0.408 e. The molecule has 0 unspecified atom stereocenters. The SMILES string of the molecule is CCOC(=O)/C=C/[C@H](Cc1nn[nH]n1)NC(=O)[C@H]1CCCN1C(=O)[C@@H](NC(=O)[C@H](CC(=O)O)NC(=O)OCc1ccccc1)C(C)(C)C. The first-order valence-electron chi connectivity index (χ1n) is 15.5. The van der Waals surface area contributed by atoms with Crippen LogP contribution < -0.4 is 16.0 Å². The number of aromatic amines is 1. The molecule has 1 aliphatic rings. The van der Waals surface area contributed by atoms with E-state index in [4.69, 9.17) is 9.47 Å². The van der Waals surface area contributed by atoms with E-state index in [9.17, 15) is 33.9 Å². The van der Waals surface area contributed by atoms with Gasteiger partial charge >= 0.3 is 18.0 Å². The van der Waals surface area contributed by atoms with Gasteiger partial charge in [-0.05, 0) is 30.7 Å². The van der Waals surface area contributed by atoms with Gasteiger partial charge in [0.1, 0.15) is 24.7 Å². The minimum absolute atomic E-state index is 0.0885. The number of tetrazole rings is 1. The Balaban J connectivity index is 1.73. The van der Waals surface area contributed by atoms with Crippen molar-refractivity contribution in [1.29, 1.82) is 0 Å². The molecule has 17 heteroatoms. The van der Waals surface area contributed by atoms with Crippen molar-refractivity contribution in [3.63, 3.8) is 0 Å². The van der Waals surface area contributed by atoms with Crippen LogP contribution >= 0.6 is 0 Å². The van der Waals surface area contributed by atoms with E-state index in [2.05, 4.69) is 36.6 Å². The van der Waals surface area contributed by atoms with E-state index in [1.807, 2.05) is 0 Å². The average Bonchev–Trinajstić information content (AvgIpc) is 3.73. The van der Waals surface area contributed by atoms with Crippen LogP contribution in [0.4, 0.5) is 4.79 Å². The van der Waals surface area contributed by atoms with Crippen LogP contribution in [0, 0.1) is 5.41 Å². The van der Waals surface area contributed by atoms with Crippen LogP contribution in [0.5, 0.6) is 0 Å². The number of rotatable bonds is 15. The predicted molar refractivity (Wildman–Crippen MR) is 168 cm³/mol. The fraction of sp³-hybridized carbons (Fsp3) is 0.516. The van der Waals surface area contributed by atoms with Crippen LogP contribution in [0.15, 0.2) is 42.5 Å². The second-order valence-electron chi connectivity index (χ2n) is 12.1. The van der Waals surface area contributed by atoms with Gasteiger partial charge in [0, 0.05) is 19.0 Å². The van der Waals surface area contributed by atoms with Crippen molar-refractivity contribution in [2.75, 3.05) is 13.2 Å². The van der Waals surface area contributed by atoms with Crippen LogP contribution in [0.25, 0.3) is 0 Å². The number of hydrogen-bond acceptors (Lipinski definition) is 11. The van der Waals surface area contributed by atoms with Gasteiger partial charge in [0.2, 0.25) is 17.7 Å². The van der Waals surface area contributed by atoms with Gasteiger partial charge in [0.25, 0.3) is 0 Å². The number of alkyl carbamates (subject to hydrolysis) is 1. The highest BCUT2D eigenvalue weighted by Crippen LogP contribution is 2.26. The second kappa shape index (κ2) is 17.5. The molecule has 1 aromatic heterocycles. The molecule has 0 spiro atoms. The lowest BCUT2D eigenvalue weighted by molar-refractivity contribution is -0.145. The summed E-state index contributed by atoms with van der Waals surface area (Å²) in [5.41, 5.74) is -0.202. The van der Waals surface area contributed by atoms with Crippen molar-refractivity contribution in [3.8, 4) is 0 Å². The maximum atomic E-state index is 14.0. The lowest BCUT2D eigenvalue weighted by Gasteiger charge is -2.36. The van der Waals surface area contributed by atoms with Gasteiger partial charge in [-0.1, -0.05) is 62.4 Å². The van der Waals surface area contributed by atoms with Gasteiger partial charge in [-0.2, -0.15) is 5.21 Å². The third kappa shape index (κ3) is 11.5. The normalized spacial score (nSPS) is 16.4. The maximum absolute atomic E-state index is 14.0. The zero-order valence-corrected chi connectivity index (χ0v) is 27.3. The molecule has 1 fully saturated rings. The summed E-state index contributed by atoms with van der Waals surface area (Å²) in [7, 11) is 0. The van der Waals surface area contributed by atoms with Crippen LogP contribution in [0.2, 0.25) is 0 Å². The summed E-state index contributed by atoms with van der Waals surface area (Å²) >= 11 is 0. The summed E-state index contributed by atoms with van der Waals surface area (Å²) in [5, 5.41) is 30.8. The van der Waals surface area contributed by atoms with Crippen molar-refractivity contribution >= 4 is 35.8 Å². The van der Waals surface area contributed by atoms with Crippen molar-refractivity contribution in [2.45, 2.75) is 84.2 Å². The number of esters is 1. The standard InChI is InChI=1S/C31H42N8O9/c1-5-47-25(42)14-13-20(16-23-35-37-38-36-23)32-28(44)22-12-9-15-39(22)29(45)26(31(2,3)4)34-27(43)21(17-24(40)41)33-30(46)48-18-19-10-7-6-8-11-19/h6-8,10-11,13-14,20-22,26H,5,9,12,15-18H2,1-4H3,(H,32,44)(H,33,46)(H,34,43)(H,40,41)(H,35,36,37,38)/b14-13+/t20-,21+,22-,26-/m1/s1. The zero-order valence-electron chi connectivity index (χ0n) is 27.3. The highest BCUT2D eigenvalue weighted by atomic mass is 16.5. The number of carboxylic acid groups (broad SMARTS) is 1. The Morgan fingerprint density at radius 1 is 1.08 bits per heavy atom. The molecule has 0 bridgehead atoms. The molecule has 4 atom stereocenters. The number of carbonyl (C=O) groups is 6. The van der Waals surface area contributed by atoms with E-state index in [1.165, 1.54) is 17.1 Å². The summed E-state index contributed by atoms with van der Waals surface area (Å²) in [6, 6.07) is 4.35. The third-order valence-electron chi connectivity index (χ3n) is 7.31. The average molecular weight is 671 g/mol. The number of ether oxygens (including phenoxy) is 2. The number of likely N-dealkylation sites (tertiary alicyclic amines) is 1. The molecule has 1 saturated heterocycles. The molecule has 0 radical (unpaired) electrons. The van der Waals surface area contributed by atoms with E-state index in [1.54, 1.807) is 58.0 Å². The molecule has 5 N–H and O–H groups in total. The molecule has 2 aromatic rings. The summed E-state index contributed by atoms with van der Waals surface area (Å²) < 4.78 is 10.1. The molecular formula is C31H42N8O9. The maximum Gasteiger partial charge on any atom is 0.408 e. The molecule has 0 saturated carbocycles. The van der Waals surface area contributed by atoms with Crippen LogP contribution in [0.3, 0.4) is 0 Å². The van der Waals surface area contributed by atoms with E-state index in [-0.39, 0.29) is 32.0 Å². The number of nitrogens with one attached hydrogen (secondary N) is 4. The first-order chi connectivity index (χ1) is 22.8. The molecule has 2 heterocycles. The Morgan fingerprint density at radius 2 is 1.81 bits per heavy atom. The Hall–Kier alpha value is -5.35. The Morgan fingerprint density at radius 3 is 2.44 bits per heavy atom. The summed E-state index contributed by atoms with van der Waals surface area (Å²) in [6.45, 7) is 7.05. The third-order valence-corrected chi connectivity index (χ3v) is 7.31. The molecule has 1 aromatic carbocycles. The first-order valence-corrected chi connectivity index (χ1v) is 15.5. The van der Waals surface area contributed by atoms with Crippen LogP contribution in [-0.2, 0) is 46.5 Å². The van der Waals surface area contributed by atoms with Gasteiger partial charge in [-0.3, -0.25) is 19.2 Å². The molecular weight excluding hydrogens is 628 g/mol. The van der Waals surface area contributed by atoms with E-state index < -0.39 is 71.8 Å². The fourth-order valence-corrected chi connectivity index (χ4v) is 4.95.